The topological polar surface area (TPSA) is 84.8 Å². The summed E-state index contributed by atoms with van der Waals surface area (Å²) >= 11 is 0. The molecule has 0 saturated heterocycles. The Balaban J connectivity index is 1.42. The van der Waals surface area contributed by atoms with Gasteiger partial charge in [-0.05, 0) is 60.5 Å². The maximum absolute atomic E-state index is 13.3. The van der Waals surface area contributed by atoms with Crippen LogP contribution in [0.3, 0.4) is 0 Å². The van der Waals surface area contributed by atoms with E-state index < -0.39 is 0 Å². The normalized spacial score (nSPS) is 12.0. The average Bonchev–Trinajstić information content (AvgIpc) is 3.49. The Labute approximate surface area is 201 Å². The summed E-state index contributed by atoms with van der Waals surface area (Å²) in [5.41, 5.74) is 4.58. The number of carbonyl (C=O) groups is 1. The van der Waals surface area contributed by atoms with Crippen LogP contribution >= 0.6 is 0 Å². The predicted octanol–water partition coefficient (Wildman–Crippen LogP) is 4.77. The molecule has 0 saturated carbocycles. The van der Waals surface area contributed by atoms with Crippen molar-refractivity contribution in [2.45, 2.75) is 12.8 Å². The molecule has 0 spiro atoms. The number of amides is 1. The fraction of sp³-hybridized carbons (Fsp3) is 0.148. The van der Waals surface area contributed by atoms with Gasteiger partial charge in [0.1, 0.15) is 11.6 Å². The van der Waals surface area contributed by atoms with Gasteiger partial charge in [0, 0.05) is 29.6 Å². The molecule has 1 amide bonds. The van der Waals surface area contributed by atoms with E-state index in [1.807, 2.05) is 48.7 Å². The first-order chi connectivity index (χ1) is 17.0. The molecule has 7 nitrogen and oxygen atoms in total. The number of benzene rings is 3. The lowest BCUT2D eigenvalue weighted by Gasteiger charge is -2.18. The van der Waals surface area contributed by atoms with Gasteiger partial charge in [-0.2, -0.15) is 0 Å². The lowest BCUT2D eigenvalue weighted by molar-refractivity contribution is 0.0946. The summed E-state index contributed by atoms with van der Waals surface area (Å²) in [5, 5.41) is 12.3. The molecule has 0 aliphatic heterocycles. The Morgan fingerprint density at radius 2 is 1.83 bits per heavy atom. The Hall–Kier alpha value is -4.46. The van der Waals surface area contributed by atoms with Crippen LogP contribution in [0.5, 0.6) is 5.75 Å². The van der Waals surface area contributed by atoms with Crippen molar-refractivity contribution < 1.29 is 13.9 Å². The fourth-order valence-electron chi connectivity index (χ4n) is 4.27. The SMILES string of the molecule is COc1ccc(C(CNC(=O)c2nnn(-c3ccc(F)cc3)c2C)c2c[nH]c3ccccc23)cc1. The Kier molecular flexibility index (Phi) is 6.01. The van der Waals surface area contributed by atoms with Crippen LogP contribution in [0.25, 0.3) is 16.6 Å². The molecule has 176 valence electrons. The Morgan fingerprint density at radius 3 is 2.57 bits per heavy atom. The molecule has 0 aliphatic rings. The lowest BCUT2D eigenvalue weighted by Crippen LogP contribution is -2.29. The van der Waals surface area contributed by atoms with E-state index in [-0.39, 0.29) is 23.3 Å². The number of nitrogens with one attached hydrogen (secondary N) is 2. The number of methoxy groups -OCH3 is 1. The van der Waals surface area contributed by atoms with Crippen LogP contribution in [-0.2, 0) is 0 Å². The summed E-state index contributed by atoms with van der Waals surface area (Å²) in [6.45, 7) is 2.12. The number of hydrogen-bond acceptors (Lipinski definition) is 4. The average molecular weight is 470 g/mol. The first kappa shape index (κ1) is 22.3. The van der Waals surface area contributed by atoms with Crippen molar-refractivity contribution in [3.63, 3.8) is 0 Å². The minimum Gasteiger partial charge on any atom is -0.497 e. The molecule has 35 heavy (non-hydrogen) atoms. The second-order valence-electron chi connectivity index (χ2n) is 8.24. The highest BCUT2D eigenvalue weighted by atomic mass is 19.1. The van der Waals surface area contributed by atoms with Gasteiger partial charge in [0.15, 0.2) is 5.69 Å². The minimum absolute atomic E-state index is 0.103. The number of ether oxygens (including phenoxy) is 1. The number of fused-ring (bicyclic) bond motifs is 1. The van der Waals surface area contributed by atoms with Crippen LogP contribution in [0, 0.1) is 12.7 Å². The Bertz CT molecular complexity index is 1470. The maximum atomic E-state index is 13.3. The van der Waals surface area contributed by atoms with Crippen LogP contribution in [0.2, 0.25) is 0 Å². The quantitative estimate of drug-likeness (QED) is 0.360. The molecule has 1 atom stereocenters. The molecular weight excluding hydrogens is 445 g/mol. The number of para-hydroxylation sites is 1. The third-order valence-corrected chi connectivity index (χ3v) is 6.16. The van der Waals surface area contributed by atoms with Gasteiger partial charge in [0.05, 0.1) is 18.5 Å². The van der Waals surface area contributed by atoms with Crippen LogP contribution in [-0.4, -0.2) is 39.5 Å². The maximum Gasteiger partial charge on any atom is 0.273 e. The summed E-state index contributed by atoms with van der Waals surface area (Å²) in [6.07, 6.45) is 1.99. The van der Waals surface area contributed by atoms with Gasteiger partial charge in [0.25, 0.3) is 5.91 Å². The van der Waals surface area contributed by atoms with Crippen molar-refractivity contribution in [1.29, 1.82) is 0 Å². The molecule has 2 N–H and O–H groups in total. The summed E-state index contributed by atoms with van der Waals surface area (Å²) in [6, 6.07) is 21.8. The third-order valence-electron chi connectivity index (χ3n) is 6.16. The first-order valence-corrected chi connectivity index (χ1v) is 11.2. The zero-order chi connectivity index (χ0) is 24.4. The van der Waals surface area contributed by atoms with Crippen molar-refractivity contribution in [3.05, 3.63) is 107 Å². The number of H-pyrrole nitrogens is 1. The van der Waals surface area contributed by atoms with Gasteiger partial charge in [-0.25, -0.2) is 9.07 Å². The van der Waals surface area contributed by atoms with Crippen LogP contribution in [0.4, 0.5) is 4.39 Å². The molecule has 3 aromatic carbocycles. The van der Waals surface area contributed by atoms with E-state index in [0.29, 0.717) is 17.9 Å². The van der Waals surface area contributed by atoms with E-state index in [1.165, 1.54) is 16.8 Å². The van der Waals surface area contributed by atoms with Crippen molar-refractivity contribution >= 4 is 16.8 Å². The van der Waals surface area contributed by atoms with E-state index in [2.05, 4.69) is 26.7 Å². The van der Waals surface area contributed by atoms with Crippen molar-refractivity contribution in [2.24, 2.45) is 0 Å². The van der Waals surface area contributed by atoms with Gasteiger partial charge >= 0.3 is 0 Å². The number of carbonyl (C=O) groups excluding carboxylic acids is 1. The summed E-state index contributed by atoms with van der Waals surface area (Å²) in [4.78, 5) is 16.4. The number of rotatable bonds is 7. The molecule has 5 rings (SSSR count). The first-order valence-electron chi connectivity index (χ1n) is 11.2. The Morgan fingerprint density at radius 1 is 1.09 bits per heavy atom. The van der Waals surface area contributed by atoms with Crippen LogP contribution < -0.4 is 10.1 Å². The molecule has 8 heteroatoms. The van der Waals surface area contributed by atoms with E-state index in [4.69, 9.17) is 4.74 Å². The summed E-state index contributed by atoms with van der Waals surface area (Å²) in [5.74, 6) is -0.00231. The van der Waals surface area contributed by atoms with E-state index in [0.717, 1.165) is 27.8 Å². The molecule has 2 aromatic heterocycles. The third kappa shape index (κ3) is 4.38. The highest BCUT2D eigenvalue weighted by Crippen LogP contribution is 2.31. The lowest BCUT2D eigenvalue weighted by atomic mass is 9.90. The number of aromatic amines is 1. The monoisotopic (exact) mass is 469 g/mol. The predicted molar refractivity (Wildman–Crippen MR) is 132 cm³/mol. The molecule has 5 aromatic rings. The van der Waals surface area contributed by atoms with Crippen LogP contribution in [0.15, 0.2) is 79.0 Å². The van der Waals surface area contributed by atoms with Gasteiger partial charge in [-0.3, -0.25) is 4.79 Å². The fourth-order valence-corrected chi connectivity index (χ4v) is 4.27. The van der Waals surface area contributed by atoms with Gasteiger partial charge in [0.2, 0.25) is 0 Å². The van der Waals surface area contributed by atoms with Gasteiger partial charge in [-0.1, -0.05) is 35.5 Å². The molecule has 1 unspecified atom stereocenters. The zero-order valence-electron chi connectivity index (χ0n) is 19.3. The largest absolute Gasteiger partial charge is 0.497 e. The number of halogens is 1. The zero-order valence-corrected chi connectivity index (χ0v) is 19.3. The highest BCUT2D eigenvalue weighted by Gasteiger charge is 2.22. The smallest absolute Gasteiger partial charge is 0.273 e. The number of aromatic nitrogens is 4. The number of nitrogens with zero attached hydrogens (tertiary/aromatic N) is 3. The van der Waals surface area contributed by atoms with Gasteiger partial charge in [-0.15, -0.1) is 5.10 Å². The van der Waals surface area contributed by atoms with E-state index in [1.54, 1.807) is 26.2 Å². The van der Waals surface area contributed by atoms with Crippen molar-refractivity contribution in [2.75, 3.05) is 13.7 Å². The molecule has 0 radical (unpaired) electrons. The van der Waals surface area contributed by atoms with Crippen LogP contribution in [0.1, 0.15) is 33.2 Å². The molecule has 2 heterocycles. The number of hydrogen-bond donors (Lipinski definition) is 2. The highest BCUT2D eigenvalue weighted by molar-refractivity contribution is 5.93. The molecule has 0 fully saturated rings. The second-order valence-corrected chi connectivity index (χ2v) is 8.24. The van der Waals surface area contributed by atoms with Crippen molar-refractivity contribution in [1.82, 2.24) is 25.3 Å². The molecule has 0 aliphatic carbocycles. The minimum atomic E-state index is -0.341. The second kappa shape index (κ2) is 9.42. The molecule has 0 bridgehead atoms. The molecular formula is C27H24FN5O2. The van der Waals surface area contributed by atoms with E-state index >= 15 is 0 Å². The van der Waals surface area contributed by atoms with Crippen molar-refractivity contribution in [3.8, 4) is 11.4 Å². The van der Waals surface area contributed by atoms with E-state index in [9.17, 15) is 9.18 Å². The standard InChI is InChI=1S/C27H24FN5O2/c1-17-26(31-32-33(17)20-11-9-19(28)10-12-20)27(34)30-15-23(18-7-13-21(35-2)14-8-18)24-16-29-25-6-4-3-5-22(24)25/h3-14,16,23,29H,15H2,1-2H3,(H,30,34). The summed E-state index contributed by atoms with van der Waals surface area (Å²) < 4.78 is 20.1. The van der Waals surface area contributed by atoms with Gasteiger partial charge < -0.3 is 15.0 Å². The summed E-state index contributed by atoms with van der Waals surface area (Å²) in [7, 11) is 1.63.